The molecule has 3 aromatic carbocycles. The van der Waals surface area contributed by atoms with E-state index in [1.54, 1.807) is 24.3 Å². The Morgan fingerprint density at radius 3 is 2.11 bits per heavy atom. The molecule has 0 amide bonds. The summed E-state index contributed by atoms with van der Waals surface area (Å²) in [7, 11) is -2.23. The topological polar surface area (TPSA) is 70.7 Å². The molecule has 1 fully saturated rings. The number of halogens is 1. The quantitative estimate of drug-likeness (QED) is 0.416. The number of nitrogens with one attached hydrogen (secondary N) is 2. The molecule has 35 heavy (non-hydrogen) atoms. The van der Waals surface area contributed by atoms with E-state index in [2.05, 4.69) is 14.9 Å². The number of rotatable bonds is 11. The van der Waals surface area contributed by atoms with Gasteiger partial charge >= 0.3 is 0 Å². The Bertz CT molecular complexity index is 1210. The average Bonchev–Trinajstić information content (AvgIpc) is 3.39. The summed E-state index contributed by atoms with van der Waals surface area (Å²) in [6.45, 7) is 4.44. The van der Waals surface area contributed by atoms with Crippen LogP contribution in [0.1, 0.15) is 24.0 Å². The fourth-order valence-electron chi connectivity index (χ4n) is 4.26. The maximum absolute atomic E-state index is 13.0. The molecule has 0 unspecified atom stereocenters. The van der Waals surface area contributed by atoms with Gasteiger partial charge in [0, 0.05) is 26.2 Å². The number of sulfonamides is 1. The van der Waals surface area contributed by atoms with Crippen LogP contribution in [0.4, 0.5) is 4.39 Å². The normalized spacial score (nSPS) is 14.3. The number of benzene rings is 3. The minimum Gasteiger partial charge on any atom is -0.495 e. The van der Waals surface area contributed by atoms with Gasteiger partial charge in [0.05, 0.1) is 7.11 Å². The van der Waals surface area contributed by atoms with Crippen LogP contribution in [-0.2, 0) is 23.1 Å². The molecule has 3 aromatic rings. The third kappa shape index (κ3) is 6.89. The van der Waals surface area contributed by atoms with Gasteiger partial charge in [-0.25, -0.2) is 17.5 Å². The van der Waals surface area contributed by atoms with E-state index in [4.69, 9.17) is 4.74 Å². The number of nitrogens with zero attached hydrogens (tertiary/aromatic N) is 1. The van der Waals surface area contributed by atoms with Crippen molar-refractivity contribution in [2.75, 3.05) is 33.3 Å². The minimum absolute atomic E-state index is 0.143. The zero-order valence-electron chi connectivity index (χ0n) is 20.0. The van der Waals surface area contributed by atoms with Crippen LogP contribution in [0.3, 0.4) is 0 Å². The number of ether oxygens (including phenoxy) is 1. The van der Waals surface area contributed by atoms with Crippen molar-refractivity contribution < 1.29 is 17.5 Å². The highest BCUT2D eigenvalue weighted by atomic mass is 32.2. The molecular weight excluding hydrogens is 465 g/mol. The lowest BCUT2D eigenvalue weighted by molar-refractivity contribution is 0.344. The van der Waals surface area contributed by atoms with E-state index in [0.717, 1.165) is 35.3 Å². The first kappa shape index (κ1) is 25.3. The van der Waals surface area contributed by atoms with Crippen molar-refractivity contribution in [2.24, 2.45) is 0 Å². The van der Waals surface area contributed by atoms with Crippen LogP contribution in [0, 0.1) is 5.82 Å². The Morgan fingerprint density at radius 1 is 0.886 bits per heavy atom. The molecule has 0 saturated carbocycles. The third-order valence-electron chi connectivity index (χ3n) is 6.23. The summed E-state index contributed by atoms with van der Waals surface area (Å²) in [5.74, 6) is 0.0840. The fourth-order valence-corrected chi connectivity index (χ4v) is 5.47. The monoisotopic (exact) mass is 497 g/mol. The molecule has 4 rings (SSSR count). The van der Waals surface area contributed by atoms with Crippen LogP contribution >= 0.6 is 0 Å². The molecule has 1 aliphatic heterocycles. The first-order valence-corrected chi connectivity index (χ1v) is 13.4. The Hall–Kier alpha value is -2.78. The highest BCUT2D eigenvalue weighted by Crippen LogP contribution is 2.30. The van der Waals surface area contributed by atoms with E-state index in [1.165, 1.54) is 32.1 Å². The molecule has 8 heteroatoms. The van der Waals surface area contributed by atoms with Gasteiger partial charge in [0.1, 0.15) is 16.5 Å². The third-order valence-corrected chi connectivity index (χ3v) is 7.71. The van der Waals surface area contributed by atoms with Gasteiger partial charge in [-0.2, -0.15) is 0 Å². The first-order valence-electron chi connectivity index (χ1n) is 11.9. The van der Waals surface area contributed by atoms with Crippen molar-refractivity contribution in [3.8, 4) is 16.9 Å². The minimum atomic E-state index is -3.71. The Morgan fingerprint density at radius 2 is 1.49 bits per heavy atom. The zero-order chi connectivity index (χ0) is 24.7. The predicted molar refractivity (Wildman–Crippen MR) is 136 cm³/mol. The molecule has 0 aliphatic carbocycles. The van der Waals surface area contributed by atoms with E-state index >= 15 is 0 Å². The summed E-state index contributed by atoms with van der Waals surface area (Å²) in [5, 5.41) is 3.35. The molecule has 0 spiro atoms. The van der Waals surface area contributed by atoms with Crippen molar-refractivity contribution in [3.05, 3.63) is 83.7 Å². The lowest BCUT2D eigenvalue weighted by atomic mass is 10.0. The Labute approximate surface area is 207 Å². The summed E-state index contributed by atoms with van der Waals surface area (Å²) in [6.07, 6.45) is 2.34. The summed E-state index contributed by atoms with van der Waals surface area (Å²) in [4.78, 5) is 2.41. The molecule has 186 valence electrons. The molecular formula is C27H32FN3O3S. The van der Waals surface area contributed by atoms with Crippen LogP contribution in [0.25, 0.3) is 11.1 Å². The fraction of sp³-hybridized carbons (Fsp3) is 0.333. The van der Waals surface area contributed by atoms with E-state index < -0.39 is 10.0 Å². The first-order chi connectivity index (χ1) is 16.9. The highest BCUT2D eigenvalue weighted by molar-refractivity contribution is 7.89. The second-order valence-electron chi connectivity index (χ2n) is 8.74. The lowest BCUT2D eigenvalue weighted by Gasteiger charge is -2.16. The summed E-state index contributed by atoms with van der Waals surface area (Å²) in [6, 6.07) is 19.7. The molecule has 1 heterocycles. The summed E-state index contributed by atoms with van der Waals surface area (Å²) in [5.41, 5.74) is 3.84. The van der Waals surface area contributed by atoms with Gasteiger partial charge in [0.25, 0.3) is 0 Å². The van der Waals surface area contributed by atoms with E-state index in [9.17, 15) is 12.8 Å². The second-order valence-corrected chi connectivity index (χ2v) is 10.5. The van der Waals surface area contributed by atoms with Crippen molar-refractivity contribution in [1.82, 2.24) is 14.9 Å². The van der Waals surface area contributed by atoms with Gasteiger partial charge < -0.3 is 15.0 Å². The van der Waals surface area contributed by atoms with Gasteiger partial charge in [0.15, 0.2) is 0 Å². The van der Waals surface area contributed by atoms with Crippen molar-refractivity contribution in [2.45, 2.75) is 30.8 Å². The Balaban J connectivity index is 1.40. The number of methoxy groups -OCH3 is 1. The van der Waals surface area contributed by atoms with Gasteiger partial charge in [0.2, 0.25) is 10.0 Å². The smallest absolute Gasteiger partial charge is 0.244 e. The number of hydrogen-bond donors (Lipinski definition) is 2. The maximum Gasteiger partial charge on any atom is 0.244 e. The molecule has 6 nitrogen and oxygen atoms in total. The molecule has 0 atom stereocenters. The number of likely N-dealkylation sites (tertiary alicyclic amines) is 1. The van der Waals surface area contributed by atoms with Crippen molar-refractivity contribution in [1.29, 1.82) is 0 Å². The predicted octanol–water partition coefficient (Wildman–Crippen LogP) is 4.17. The van der Waals surface area contributed by atoms with Crippen LogP contribution in [0.15, 0.2) is 71.6 Å². The lowest BCUT2D eigenvalue weighted by Crippen LogP contribution is -2.33. The zero-order valence-corrected chi connectivity index (χ0v) is 20.8. The van der Waals surface area contributed by atoms with Gasteiger partial charge in [-0.05, 0) is 72.5 Å². The second kappa shape index (κ2) is 11.8. The van der Waals surface area contributed by atoms with Crippen molar-refractivity contribution in [3.63, 3.8) is 0 Å². The van der Waals surface area contributed by atoms with E-state index in [-0.39, 0.29) is 10.7 Å². The summed E-state index contributed by atoms with van der Waals surface area (Å²) < 4.78 is 47.2. The van der Waals surface area contributed by atoms with Crippen LogP contribution in [0.5, 0.6) is 5.75 Å². The van der Waals surface area contributed by atoms with Crippen LogP contribution in [0.2, 0.25) is 0 Å². The molecule has 2 N–H and O–H groups in total. The molecule has 1 aliphatic rings. The number of hydrogen-bond acceptors (Lipinski definition) is 5. The maximum atomic E-state index is 13.0. The largest absolute Gasteiger partial charge is 0.495 e. The Kier molecular flexibility index (Phi) is 8.51. The average molecular weight is 498 g/mol. The van der Waals surface area contributed by atoms with E-state index in [0.29, 0.717) is 31.9 Å². The van der Waals surface area contributed by atoms with E-state index in [1.807, 2.05) is 30.3 Å². The van der Waals surface area contributed by atoms with Crippen molar-refractivity contribution >= 4 is 10.0 Å². The van der Waals surface area contributed by atoms with Gasteiger partial charge in [-0.15, -0.1) is 0 Å². The molecule has 0 bridgehead atoms. The summed E-state index contributed by atoms with van der Waals surface area (Å²) >= 11 is 0. The standard InChI is InChI=1S/C27H32FN3O3S/c1-34-26-13-10-24(18-27(26)35(32,33)30-14-17-31-15-2-3-16-31)23-8-4-21(5-9-23)19-29-20-22-6-11-25(28)12-7-22/h4-13,18,29-30H,2-3,14-17,19-20H2,1H3. The van der Waals surface area contributed by atoms with Gasteiger partial charge in [-0.1, -0.05) is 42.5 Å². The highest BCUT2D eigenvalue weighted by Gasteiger charge is 2.21. The SMILES string of the molecule is COc1ccc(-c2ccc(CNCc3ccc(F)cc3)cc2)cc1S(=O)(=O)NCCN1CCCC1. The van der Waals surface area contributed by atoms with Gasteiger partial charge in [-0.3, -0.25) is 0 Å². The molecule has 0 radical (unpaired) electrons. The molecule has 0 aromatic heterocycles. The molecule has 1 saturated heterocycles. The van der Waals surface area contributed by atoms with Crippen LogP contribution < -0.4 is 14.8 Å². The van der Waals surface area contributed by atoms with Crippen LogP contribution in [-0.4, -0.2) is 46.6 Å².